The van der Waals surface area contributed by atoms with Crippen molar-refractivity contribution in [3.63, 3.8) is 0 Å². The van der Waals surface area contributed by atoms with Crippen LogP contribution in [0.3, 0.4) is 0 Å². The van der Waals surface area contributed by atoms with Crippen molar-refractivity contribution in [3.05, 3.63) is 65.7 Å². The molecule has 2 rings (SSSR count). The van der Waals surface area contributed by atoms with Crippen molar-refractivity contribution in [2.24, 2.45) is 0 Å². The van der Waals surface area contributed by atoms with E-state index in [2.05, 4.69) is 4.98 Å². The Morgan fingerprint density at radius 2 is 2.10 bits per heavy atom. The van der Waals surface area contributed by atoms with Crippen LogP contribution in [0.4, 0.5) is 4.39 Å². The van der Waals surface area contributed by atoms with Gasteiger partial charge in [0.1, 0.15) is 5.82 Å². The van der Waals surface area contributed by atoms with Gasteiger partial charge in [-0.1, -0.05) is 18.2 Å². The maximum atomic E-state index is 13.0. The first-order valence-electron chi connectivity index (χ1n) is 6.52. The lowest BCUT2D eigenvalue weighted by atomic mass is 10.1. The minimum absolute atomic E-state index is 0.0441. The van der Waals surface area contributed by atoms with Crippen LogP contribution in [0.2, 0.25) is 0 Å². The Balaban J connectivity index is 1.84. The number of carbonyl (C=O) groups excluding carboxylic acids is 1. The summed E-state index contributed by atoms with van der Waals surface area (Å²) < 4.78 is 13.0. The Morgan fingerprint density at radius 1 is 1.25 bits per heavy atom. The summed E-state index contributed by atoms with van der Waals surface area (Å²) in [6.07, 6.45) is 2.12. The zero-order chi connectivity index (χ0) is 14.4. The van der Waals surface area contributed by atoms with E-state index in [1.807, 2.05) is 30.1 Å². The van der Waals surface area contributed by atoms with Crippen LogP contribution < -0.4 is 0 Å². The zero-order valence-corrected chi connectivity index (χ0v) is 11.4. The molecule has 0 saturated heterocycles. The highest BCUT2D eigenvalue weighted by Gasteiger charge is 2.09. The van der Waals surface area contributed by atoms with Crippen molar-refractivity contribution in [2.75, 3.05) is 13.6 Å². The number of benzene rings is 1. The van der Waals surface area contributed by atoms with Gasteiger partial charge in [0.05, 0.1) is 5.69 Å². The largest absolute Gasteiger partial charge is 0.300 e. The third-order valence-electron chi connectivity index (χ3n) is 3.03. The van der Waals surface area contributed by atoms with Gasteiger partial charge in [-0.25, -0.2) is 4.39 Å². The first-order valence-corrected chi connectivity index (χ1v) is 6.52. The molecule has 1 aromatic heterocycles. The van der Waals surface area contributed by atoms with Crippen molar-refractivity contribution in [2.45, 2.75) is 13.0 Å². The second-order valence-electron chi connectivity index (χ2n) is 4.74. The summed E-state index contributed by atoms with van der Waals surface area (Å²) in [4.78, 5) is 18.2. The molecule has 0 saturated carbocycles. The molecule has 1 heterocycles. The Kier molecular flexibility index (Phi) is 4.96. The molecule has 0 aliphatic heterocycles. The van der Waals surface area contributed by atoms with E-state index < -0.39 is 0 Å². The molecule has 3 nitrogen and oxygen atoms in total. The van der Waals surface area contributed by atoms with Crippen molar-refractivity contribution in [3.8, 4) is 0 Å². The molecule has 0 bridgehead atoms. The lowest BCUT2D eigenvalue weighted by Crippen LogP contribution is -2.22. The van der Waals surface area contributed by atoms with Gasteiger partial charge < -0.3 is 4.90 Å². The summed E-state index contributed by atoms with van der Waals surface area (Å²) in [5.74, 6) is -0.421. The fraction of sp³-hybridized carbons (Fsp3) is 0.250. The van der Waals surface area contributed by atoms with Gasteiger partial charge in [0.25, 0.3) is 0 Å². The molecule has 0 amide bonds. The van der Waals surface area contributed by atoms with Crippen LogP contribution in [0.15, 0.2) is 48.7 Å². The van der Waals surface area contributed by atoms with E-state index >= 15 is 0 Å². The quantitative estimate of drug-likeness (QED) is 0.758. The van der Waals surface area contributed by atoms with Gasteiger partial charge in [-0.3, -0.25) is 9.78 Å². The van der Waals surface area contributed by atoms with Crippen LogP contribution in [0.5, 0.6) is 0 Å². The Bertz CT molecular complexity index is 572. The summed E-state index contributed by atoms with van der Waals surface area (Å²) in [6, 6.07) is 11.6. The summed E-state index contributed by atoms with van der Waals surface area (Å²) in [7, 11) is 1.94. The van der Waals surface area contributed by atoms with Crippen molar-refractivity contribution < 1.29 is 9.18 Å². The number of hydrogen-bond acceptors (Lipinski definition) is 3. The normalized spacial score (nSPS) is 10.8. The maximum Gasteiger partial charge on any atom is 0.164 e. The fourth-order valence-electron chi connectivity index (χ4n) is 1.95. The molecule has 0 aliphatic rings. The zero-order valence-electron chi connectivity index (χ0n) is 11.4. The van der Waals surface area contributed by atoms with E-state index in [4.69, 9.17) is 0 Å². The van der Waals surface area contributed by atoms with E-state index in [0.29, 0.717) is 25.1 Å². The monoisotopic (exact) mass is 272 g/mol. The minimum atomic E-state index is -0.377. The van der Waals surface area contributed by atoms with Crippen LogP contribution in [0.1, 0.15) is 22.5 Å². The van der Waals surface area contributed by atoms with E-state index in [0.717, 1.165) is 5.69 Å². The van der Waals surface area contributed by atoms with Crippen molar-refractivity contribution in [1.82, 2.24) is 9.88 Å². The summed E-state index contributed by atoms with van der Waals surface area (Å²) >= 11 is 0. The molecule has 20 heavy (non-hydrogen) atoms. The number of Topliss-reactive ketones (excluding diaryl/α,β-unsaturated/α-hetero) is 1. The molecule has 104 valence electrons. The summed E-state index contributed by atoms with van der Waals surface area (Å²) in [6.45, 7) is 1.31. The molecule has 0 unspecified atom stereocenters. The van der Waals surface area contributed by atoms with Gasteiger partial charge in [-0.15, -0.1) is 0 Å². The number of carbonyl (C=O) groups is 1. The van der Waals surface area contributed by atoms with Crippen LogP contribution in [0.25, 0.3) is 0 Å². The van der Waals surface area contributed by atoms with Gasteiger partial charge in [-0.05, 0) is 31.3 Å². The number of nitrogens with zero attached hydrogens (tertiary/aromatic N) is 2. The predicted molar refractivity (Wildman–Crippen MR) is 75.9 cm³/mol. The van der Waals surface area contributed by atoms with E-state index in [-0.39, 0.29) is 11.6 Å². The highest BCUT2D eigenvalue weighted by atomic mass is 19.1. The summed E-state index contributed by atoms with van der Waals surface area (Å²) in [5.41, 5.74) is 1.39. The van der Waals surface area contributed by atoms with Gasteiger partial charge in [0.15, 0.2) is 5.78 Å². The first-order chi connectivity index (χ1) is 9.65. The predicted octanol–water partition coefficient (Wildman–Crippen LogP) is 2.93. The Morgan fingerprint density at radius 3 is 2.80 bits per heavy atom. The molecule has 0 radical (unpaired) electrons. The minimum Gasteiger partial charge on any atom is -0.300 e. The number of aromatic nitrogens is 1. The lowest BCUT2D eigenvalue weighted by molar-refractivity contribution is 0.0967. The molecule has 1 aromatic carbocycles. The average molecular weight is 272 g/mol. The summed E-state index contributed by atoms with van der Waals surface area (Å²) in [5, 5.41) is 0. The Hall–Kier alpha value is -2.07. The van der Waals surface area contributed by atoms with Gasteiger partial charge >= 0.3 is 0 Å². The highest BCUT2D eigenvalue weighted by Crippen LogP contribution is 2.07. The molecular formula is C16H17FN2O. The van der Waals surface area contributed by atoms with E-state index in [9.17, 15) is 9.18 Å². The van der Waals surface area contributed by atoms with Crippen molar-refractivity contribution >= 4 is 5.78 Å². The number of ketones is 1. The second kappa shape index (κ2) is 6.91. The Labute approximate surface area is 118 Å². The molecule has 4 heteroatoms. The van der Waals surface area contributed by atoms with Crippen LogP contribution >= 0.6 is 0 Å². The van der Waals surface area contributed by atoms with E-state index in [1.54, 1.807) is 18.3 Å². The van der Waals surface area contributed by atoms with Crippen LogP contribution in [0, 0.1) is 5.82 Å². The van der Waals surface area contributed by atoms with Crippen LogP contribution in [-0.4, -0.2) is 29.3 Å². The first kappa shape index (κ1) is 14.3. The number of pyridine rings is 1. The molecule has 0 spiro atoms. The molecule has 2 aromatic rings. The topological polar surface area (TPSA) is 33.2 Å². The van der Waals surface area contributed by atoms with Gasteiger partial charge in [0.2, 0.25) is 0 Å². The molecule has 0 N–H and O–H groups in total. The maximum absolute atomic E-state index is 13.0. The third-order valence-corrected chi connectivity index (χ3v) is 3.03. The number of rotatable bonds is 6. The van der Waals surface area contributed by atoms with E-state index in [1.165, 1.54) is 12.1 Å². The van der Waals surface area contributed by atoms with Gasteiger partial charge in [-0.2, -0.15) is 0 Å². The molecule has 0 fully saturated rings. The smallest absolute Gasteiger partial charge is 0.164 e. The van der Waals surface area contributed by atoms with Crippen LogP contribution in [-0.2, 0) is 6.54 Å². The van der Waals surface area contributed by atoms with Gasteiger partial charge in [0, 0.05) is 31.3 Å². The number of halogens is 1. The SMILES string of the molecule is CN(CCC(=O)c1cccc(F)c1)Cc1ccccn1. The second-order valence-corrected chi connectivity index (χ2v) is 4.74. The lowest BCUT2D eigenvalue weighted by Gasteiger charge is -2.15. The van der Waals surface area contributed by atoms with Crippen molar-refractivity contribution in [1.29, 1.82) is 0 Å². The highest BCUT2D eigenvalue weighted by molar-refractivity contribution is 5.96. The molecular weight excluding hydrogens is 255 g/mol. The fourth-order valence-corrected chi connectivity index (χ4v) is 1.95. The molecule has 0 atom stereocenters. The number of hydrogen-bond donors (Lipinski definition) is 0. The standard InChI is InChI=1S/C16H17FN2O/c1-19(12-15-7-2-3-9-18-15)10-8-16(20)13-5-4-6-14(17)11-13/h2-7,9,11H,8,10,12H2,1H3. The average Bonchev–Trinajstić information content (AvgIpc) is 2.46. The third kappa shape index (κ3) is 4.24. The molecule has 0 aliphatic carbocycles.